The molecule has 0 radical (unpaired) electrons. The van der Waals surface area contributed by atoms with Gasteiger partial charge in [-0.05, 0) is 19.4 Å². The number of hydrogen-bond donors (Lipinski definition) is 2. The lowest BCUT2D eigenvalue weighted by Crippen LogP contribution is -2.56. The van der Waals surface area contributed by atoms with E-state index in [4.69, 9.17) is 11.5 Å². The lowest BCUT2D eigenvalue weighted by atomic mass is 9.83. The fourth-order valence-electron chi connectivity index (χ4n) is 1.41. The maximum Gasteiger partial charge on any atom is 0.0920 e. The van der Waals surface area contributed by atoms with E-state index >= 15 is 0 Å². The molecule has 4 N–H and O–H groups in total. The third kappa shape index (κ3) is 1.37. The molecule has 1 rings (SSSR count). The topological polar surface area (TPSA) is 52.0 Å². The number of allylic oxidation sites excluding steroid dienone is 2. The predicted molar refractivity (Wildman–Crippen MR) is 47.8 cm³/mol. The summed E-state index contributed by atoms with van der Waals surface area (Å²) in [6, 6.07) is 0. The van der Waals surface area contributed by atoms with Gasteiger partial charge in [0.05, 0.1) is 5.66 Å². The Morgan fingerprint density at radius 2 is 1.91 bits per heavy atom. The molecule has 1 atom stereocenters. The smallest absolute Gasteiger partial charge is 0.0920 e. The van der Waals surface area contributed by atoms with Gasteiger partial charge in [0.25, 0.3) is 0 Å². The average molecular weight is 152 g/mol. The zero-order chi connectivity index (χ0) is 8.65. The van der Waals surface area contributed by atoms with Crippen LogP contribution in [0.25, 0.3) is 0 Å². The van der Waals surface area contributed by atoms with Crippen molar-refractivity contribution in [3.8, 4) is 0 Å². The van der Waals surface area contributed by atoms with E-state index in [-0.39, 0.29) is 5.92 Å². The zero-order valence-corrected chi connectivity index (χ0v) is 7.39. The molecule has 0 saturated carbocycles. The summed E-state index contributed by atoms with van der Waals surface area (Å²) >= 11 is 0. The minimum Gasteiger partial charge on any atom is -0.309 e. The lowest BCUT2D eigenvalue weighted by molar-refractivity contribution is 0.404. The molecule has 1 unspecified atom stereocenters. The molecule has 2 heteroatoms. The van der Waals surface area contributed by atoms with E-state index in [0.29, 0.717) is 0 Å². The normalized spacial score (nSPS) is 29.4. The van der Waals surface area contributed by atoms with Crippen molar-refractivity contribution < 1.29 is 0 Å². The third-order valence-corrected chi connectivity index (χ3v) is 2.39. The molecule has 0 aliphatic heterocycles. The van der Waals surface area contributed by atoms with Crippen LogP contribution in [0.5, 0.6) is 0 Å². The molecule has 0 aromatic carbocycles. The van der Waals surface area contributed by atoms with E-state index in [9.17, 15) is 0 Å². The minimum absolute atomic E-state index is 0.229. The van der Waals surface area contributed by atoms with Crippen molar-refractivity contribution >= 4 is 0 Å². The number of rotatable bonds is 0. The Morgan fingerprint density at radius 1 is 1.36 bits per heavy atom. The van der Waals surface area contributed by atoms with Gasteiger partial charge in [-0.25, -0.2) is 0 Å². The largest absolute Gasteiger partial charge is 0.309 e. The molecule has 0 heterocycles. The summed E-state index contributed by atoms with van der Waals surface area (Å²) in [5.41, 5.74) is 13.5. The predicted octanol–water partition coefficient (Wildman–Crippen LogP) is 1.14. The fraction of sp³-hybridized carbons (Fsp3) is 0.556. The summed E-state index contributed by atoms with van der Waals surface area (Å²) in [5, 5.41) is 0. The van der Waals surface area contributed by atoms with Crippen LogP contribution in [0, 0.1) is 5.92 Å². The van der Waals surface area contributed by atoms with E-state index in [0.717, 1.165) is 5.57 Å². The van der Waals surface area contributed by atoms with E-state index in [2.05, 4.69) is 13.0 Å². The van der Waals surface area contributed by atoms with E-state index in [1.165, 1.54) is 5.57 Å². The molecule has 0 spiro atoms. The van der Waals surface area contributed by atoms with Gasteiger partial charge in [-0.15, -0.1) is 0 Å². The summed E-state index contributed by atoms with van der Waals surface area (Å²) in [7, 11) is 0. The molecular formula is C9H16N2. The molecule has 0 saturated heterocycles. The van der Waals surface area contributed by atoms with Gasteiger partial charge >= 0.3 is 0 Å². The van der Waals surface area contributed by atoms with E-state index in [1.807, 2.05) is 19.9 Å². The van der Waals surface area contributed by atoms with Crippen LogP contribution in [0.4, 0.5) is 0 Å². The van der Waals surface area contributed by atoms with E-state index < -0.39 is 5.66 Å². The highest BCUT2D eigenvalue weighted by Crippen LogP contribution is 2.26. The first-order chi connectivity index (χ1) is 4.94. The van der Waals surface area contributed by atoms with Crippen LogP contribution in [0.2, 0.25) is 0 Å². The fourth-order valence-corrected chi connectivity index (χ4v) is 1.41. The highest BCUT2D eigenvalue weighted by atomic mass is 15.0. The Balaban J connectivity index is 3.01. The molecule has 62 valence electrons. The average Bonchev–Trinajstić information content (AvgIpc) is 1.84. The second-order valence-electron chi connectivity index (χ2n) is 3.46. The minimum atomic E-state index is -0.639. The van der Waals surface area contributed by atoms with Crippen LogP contribution in [-0.4, -0.2) is 5.66 Å². The van der Waals surface area contributed by atoms with Gasteiger partial charge in [-0.1, -0.05) is 24.6 Å². The third-order valence-electron chi connectivity index (χ3n) is 2.39. The molecule has 11 heavy (non-hydrogen) atoms. The highest BCUT2D eigenvalue weighted by molar-refractivity contribution is 5.34. The Hall–Kier alpha value is -0.600. The zero-order valence-electron chi connectivity index (χ0n) is 7.39. The van der Waals surface area contributed by atoms with Crippen LogP contribution in [0.3, 0.4) is 0 Å². The van der Waals surface area contributed by atoms with Crippen LogP contribution in [0.15, 0.2) is 23.3 Å². The molecule has 1 aliphatic rings. The maximum atomic E-state index is 5.89. The van der Waals surface area contributed by atoms with Crippen LogP contribution < -0.4 is 11.5 Å². The van der Waals surface area contributed by atoms with Crippen molar-refractivity contribution in [1.82, 2.24) is 0 Å². The van der Waals surface area contributed by atoms with Crippen molar-refractivity contribution in [2.75, 3.05) is 0 Å². The summed E-state index contributed by atoms with van der Waals surface area (Å²) < 4.78 is 0. The molecule has 0 bridgehead atoms. The van der Waals surface area contributed by atoms with Crippen molar-refractivity contribution in [2.24, 2.45) is 17.4 Å². The monoisotopic (exact) mass is 152 g/mol. The quantitative estimate of drug-likeness (QED) is 0.511. The molecule has 1 aliphatic carbocycles. The first-order valence-corrected chi connectivity index (χ1v) is 3.89. The Kier molecular flexibility index (Phi) is 1.90. The molecule has 0 fully saturated rings. The van der Waals surface area contributed by atoms with Gasteiger partial charge in [-0.2, -0.15) is 0 Å². The van der Waals surface area contributed by atoms with Gasteiger partial charge in [0.1, 0.15) is 0 Å². The second kappa shape index (κ2) is 2.47. The number of nitrogens with two attached hydrogens (primary N) is 2. The summed E-state index contributed by atoms with van der Waals surface area (Å²) in [4.78, 5) is 0. The Labute approximate surface area is 68.0 Å². The Morgan fingerprint density at radius 3 is 2.36 bits per heavy atom. The molecule has 0 aromatic heterocycles. The number of hydrogen-bond acceptors (Lipinski definition) is 2. The highest BCUT2D eigenvalue weighted by Gasteiger charge is 2.29. The van der Waals surface area contributed by atoms with Crippen LogP contribution >= 0.6 is 0 Å². The lowest BCUT2D eigenvalue weighted by Gasteiger charge is -2.34. The first-order valence-electron chi connectivity index (χ1n) is 3.89. The summed E-state index contributed by atoms with van der Waals surface area (Å²) in [6.45, 7) is 6.09. The SMILES string of the molecule is CC1=CC(C)C(N)(N)C(C)=C1. The van der Waals surface area contributed by atoms with Crippen LogP contribution in [0.1, 0.15) is 20.8 Å². The molecule has 0 amide bonds. The van der Waals surface area contributed by atoms with Crippen molar-refractivity contribution in [3.05, 3.63) is 23.3 Å². The molecular weight excluding hydrogens is 136 g/mol. The summed E-state index contributed by atoms with van der Waals surface area (Å²) in [6.07, 6.45) is 4.15. The molecule has 0 aromatic rings. The Bertz CT molecular complexity index is 224. The van der Waals surface area contributed by atoms with Gasteiger partial charge in [0.2, 0.25) is 0 Å². The van der Waals surface area contributed by atoms with Gasteiger partial charge in [0.15, 0.2) is 0 Å². The van der Waals surface area contributed by atoms with Crippen LogP contribution in [-0.2, 0) is 0 Å². The van der Waals surface area contributed by atoms with Crippen molar-refractivity contribution in [2.45, 2.75) is 26.4 Å². The van der Waals surface area contributed by atoms with Crippen molar-refractivity contribution in [3.63, 3.8) is 0 Å². The van der Waals surface area contributed by atoms with E-state index in [1.54, 1.807) is 0 Å². The first kappa shape index (κ1) is 8.50. The van der Waals surface area contributed by atoms with Gasteiger partial charge < -0.3 is 11.5 Å². The second-order valence-corrected chi connectivity index (χ2v) is 3.46. The standard InChI is InChI=1S/C9H16N2/c1-6-4-7(2)9(10,11)8(3)5-6/h4-5,7H,10-11H2,1-3H3. The molecule has 2 nitrogen and oxygen atoms in total. The van der Waals surface area contributed by atoms with Gasteiger partial charge in [-0.3, -0.25) is 0 Å². The summed E-state index contributed by atoms with van der Waals surface area (Å²) in [5.74, 6) is 0.229. The van der Waals surface area contributed by atoms with Crippen molar-refractivity contribution in [1.29, 1.82) is 0 Å². The maximum absolute atomic E-state index is 5.89. The van der Waals surface area contributed by atoms with Gasteiger partial charge in [0, 0.05) is 5.92 Å².